The van der Waals surface area contributed by atoms with Crippen molar-refractivity contribution in [3.8, 4) is 17.2 Å². The Morgan fingerprint density at radius 2 is 1.70 bits per heavy atom. The van der Waals surface area contributed by atoms with Crippen LogP contribution in [-0.2, 0) is 0 Å². The van der Waals surface area contributed by atoms with Crippen LogP contribution >= 0.6 is 0 Å². The monoisotopic (exact) mass is 304 g/mol. The van der Waals surface area contributed by atoms with E-state index < -0.39 is 0 Å². The fourth-order valence-corrected chi connectivity index (χ4v) is 2.94. The van der Waals surface area contributed by atoms with Crippen LogP contribution < -0.4 is 5.73 Å². The van der Waals surface area contributed by atoms with Gasteiger partial charge in [0, 0.05) is 19.0 Å². The van der Waals surface area contributed by atoms with Gasteiger partial charge in [0.25, 0.3) is 0 Å². The maximum atomic E-state index is 11.3. The zero-order valence-electron chi connectivity index (χ0n) is 12.8. The summed E-state index contributed by atoms with van der Waals surface area (Å²) in [6.45, 7) is 1.35. The number of nitriles is 1. The zero-order chi connectivity index (χ0) is 16.2. The molecule has 1 heterocycles. The summed E-state index contributed by atoms with van der Waals surface area (Å²) in [5, 5.41) is 8.85. The number of nitrogens with two attached hydrogens (primary N) is 1. The Balaban J connectivity index is 1.76. The van der Waals surface area contributed by atoms with E-state index in [0.717, 1.165) is 17.5 Å². The van der Waals surface area contributed by atoms with Crippen LogP contribution in [0.15, 0.2) is 48.5 Å². The Morgan fingerprint density at radius 3 is 2.26 bits per heavy atom. The number of benzene rings is 2. The number of amides is 2. The zero-order valence-corrected chi connectivity index (χ0v) is 12.8. The van der Waals surface area contributed by atoms with Crippen LogP contribution in [0.5, 0.6) is 0 Å². The molecule has 1 radical (unpaired) electrons. The second-order valence-corrected chi connectivity index (χ2v) is 5.73. The van der Waals surface area contributed by atoms with Gasteiger partial charge in [0.05, 0.1) is 11.6 Å². The molecule has 1 aliphatic rings. The topological polar surface area (TPSA) is 70.1 Å². The maximum absolute atomic E-state index is 11.3. The van der Waals surface area contributed by atoms with Crippen molar-refractivity contribution in [1.82, 2.24) is 4.90 Å². The minimum absolute atomic E-state index is 0.228. The van der Waals surface area contributed by atoms with Gasteiger partial charge in [0.2, 0.25) is 0 Å². The standard InChI is InChI=1S/C19H18N3O/c20-12-14-3-5-15(6-4-14)16-7-9-17(10-8-16)18-2-1-11-22(13-18)19(21)23/h2-10,18H,1,11,13H2,(H2,21,23). The molecule has 4 heteroatoms. The summed E-state index contributed by atoms with van der Waals surface area (Å²) >= 11 is 0. The summed E-state index contributed by atoms with van der Waals surface area (Å²) < 4.78 is 0. The quantitative estimate of drug-likeness (QED) is 0.924. The Labute approximate surface area is 136 Å². The first-order chi connectivity index (χ1) is 11.2. The lowest BCUT2D eigenvalue weighted by Crippen LogP contribution is -2.42. The molecule has 0 bridgehead atoms. The number of nitrogens with zero attached hydrogens (tertiary/aromatic N) is 2. The summed E-state index contributed by atoms with van der Waals surface area (Å²) in [5.41, 5.74) is 9.43. The highest BCUT2D eigenvalue weighted by Crippen LogP contribution is 2.28. The molecule has 2 amide bonds. The molecule has 23 heavy (non-hydrogen) atoms. The molecule has 1 aliphatic heterocycles. The molecule has 0 aromatic heterocycles. The summed E-state index contributed by atoms with van der Waals surface area (Å²) in [6.07, 6.45) is 3.11. The number of carbonyl (C=O) groups is 1. The van der Waals surface area contributed by atoms with Gasteiger partial charge in [-0.2, -0.15) is 5.26 Å². The average molecular weight is 304 g/mol. The van der Waals surface area contributed by atoms with Crippen molar-refractivity contribution >= 4 is 6.03 Å². The van der Waals surface area contributed by atoms with Crippen LogP contribution in [0.4, 0.5) is 4.79 Å². The number of rotatable bonds is 2. The number of hydrogen-bond donors (Lipinski definition) is 1. The summed E-state index contributed by atoms with van der Waals surface area (Å²) in [4.78, 5) is 13.0. The Morgan fingerprint density at radius 1 is 1.09 bits per heavy atom. The van der Waals surface area contributed by atoms with Crippen LogP contribution in [0.1, 0.15) is 23.5 Å². The fraction of sp³-hybridized carbons (Fsp3) is 0.211. The molecule has 1 saturated heterocycles. The summed E-state index contributed by atoms with van der Waals surface area (Å²) in [6, 6.07) is 17.7. The molecule has 0 spiro atoms. The number of hydrogen-bond acceptors (Lipinski definition) is 2. The number of piperidine rings is 1. The van der Waals surface area contributed by atoms with E-state index in [1.165, 1.54) is 5.56 Å². The Kier molecular flexibility index (Phi) is 4.29. The highest BCUT2D eigenvalue weighted by atomic mass is 16.2. The van der Waals surface area contributed by atoms with Gasteiger partial charge in [-0.25, -0.2) is 4.79 Å². The van der Waals surface area contributed by atoms with E-state index in [-0.39, 0.29) is 11.9 Å². The van der Waals surface area contributed by atoms with Crippen LogP contribution in [0.3, 0.4) is 0 Å². The van der Waals surface area contributed by atoms with Gasteiger partial charge < -0.3 is 10.6 Å². The fourth-order valence-electron chi connectivity index (χ4n) is 2.94. The third kappa shape index (κ3) is 3.35. The third-order valence-electron chi connectivity index (χ3n) is 4.27. The number of primary amides is 1. The van der Waals surface area contributed by atoms with Gasteiger partial charge in [-0.3, -0.25) is 0 Å². The number of likely N-dealkylation sites (tertiary alicyclic amines) is 1. The summed E-state index contributed by atoms with van der Waals surface area (Å²) in [5.74, 6) is 0.228. The van der Waals surface area contributed by atoms with E-state index in [1.807, 2.05) is 24.3 Å². The smallest absolute Gasteiger partial charge is 0.314 e. The van der Waals surface area contributed by atoms with Gasteiger partial charge in [-0.05, 0) is 41.7 Å². The van der Waals surface area contributed by atoms with Crippen molar-refractivity contribution in [2.45, 2.75) is 12.3 Å². The first-order valence-electron chi connectivity index (χ1n) is 7.65. The van der Waals surface area contributed by atoms with Crippen molar-refractivity contribution in [2.24, 2.45) is 5.73 Å². The molecule has 4 nitrogen and oxygen atoms in total. The van der Waals surface area contributed by atoms with Crippen molar-refractivity contribution < 1.29 is 4.79 Å². The minimum Gasteiger partial charge on any atom is -0.351 e. The van der Waals surface area contributed by atoms with Gasteiger partial charge in [0.15, 0.2) is 0 Å². The predicted octanol–water partition coefficient (Wildman–Crippen LogP) is 3.30. The molecular weight excluding hydrogens is 286 g/mol. The summed E-state index contributed by atoms with van der Waals surface area (Å²) in [7, 11) is 0. The predicted molar refractivity (Wildman–Crippen MR) is 89.4 cm³/mol. The number of carbonyl (C=O) groups excluding carboxylic acids is 1. The third-order valence-corrected chi connectivity index (χ3v) is 4.27. The van der Waals surface area contributed by atoms with Gasteiger partial charge >= 0.3 is 6.03 Å². The molecule has 1 unspecified atom stereocenters. The minimum atomic E-state index is -0.350. The van der Waals surface area contributed by atoms with Crippen molar-refractivity contribution in [3.05, 3.63) is 66.1 Å². The van der Waals surface area contributed by atoms with Crippen molar-refractivity contribution in [3.63, 3.8) is 0 Å². The first-order valence-corrected chi connectivity index (χ1v) is 7.65. The molecule has 1 atom stereocenters. The van der Waals surface area contributed by atoms with Crippen molar-refractivity contribution in [2.75, 3.05) is 13.1 Å². The first kappa shape index (κ1) is 15.1. The average Bonchev–Trinajstić information content (AvgIpc) is 2.62. The molecule has 2 N–H and O–H groups in total. The van der Waals surface area contributed by atoms with E-state index in [4.69, 9.17) is 11.0 Å². The molecule has 1 fully saturated rings. The van der Waals surface area contributed by atoms with Gasteiger partial charge in [-0.1, -0.05) is 36.4 Å². The SMILES string of the molecule is N#Cc1ccc(-c2ccc(C3[CH]CCN(C(N)=O)C3)cc2)cc1. The lowest BCUT2D eigenvalue weighted by Gasteiger charge is -2.31. The Bertz CT molecular complexity index is 729. The van der Waals surface area contributed by atoms with Gasteiger partial charge in [0.1, 0.15) is 0 Å². The van der Waals surface area contributed by atoms with Crippen LogP contribution in [0.25, 0.3) is 11.1 Å². The second-order valence-electron chi connectivity index (χ2n) is 5.73. The van der Waals surface area contributed by atoms with Gasteiger partial charge in [-0.15, -0.1) is 0 Å². The molecule has 0 aliphatic carbocycles. The van der Waals surface area contributed by atoms with Crippen LogP contribution in [0.2, 0.25) is 0 Å². The van der Waals surface area contributed by atoms with E-state index in [0.29, 0.717) is 18.7 Å². The second kappa shape index (κ2) is 6.53. The lowest BCUT2D eigenvalue weighted by molar-refractivity contribution is 0.198. The number of urea groups is 1. The molecule has 0 saturated carbocycles. The molecular formula is C19H18N3O. The molecule has 2 aromatic carbocycles. The molecule has 2 aromatic rings. The lowest BCUT2D eigenvalue weighted by atomic mass is 9.89. The van der Waals surface area contributed by atoms with E-state index in [1.54, 1.807) is 4.90 Å². The highest BCUT2D eigenvalue weighted by molar-refractivity contribution is 5.72. The van der Waals surface area contributed by atoms with Crippen molar-refractivity contribution in [1.29, 1.82) is 5.26 Å². The van der Waals surface area contributed by atoms with Crippen LogP contribution in [-0.4, -0.2) is 24.0 Å². The van der Waals surface area contributed by atoms with E-state index >= 15 is 0 Å². The highest BCUT2D eigenvalue weighted by Gasteiger charge is 2.23. The molecule has 115 valence electrons. The van der Waals surface area contributed by atoms with E-state index in [9.17, 15) is 4.79 Å². The normalized spacial score (nSPS) is 17.5. The Hall–Kier alpha value is -2.80. The largest absolute Gasteiger partial charge is 0.351 e. The molecule has 3 rings (SSSR count). The maximum Gasteiger partial charge on any atom is 0.314 e. The van der Waals surface area contributed by atoms with E-state index in [2.05, 4.69) is 36.8 Å². The van der Waals surface area contributed by atoms with Crippen LogP contribution in [0, 0.1) is 17.8 Å².